The Bertz CT molecular complexity index is 319. The van der Waals surface area contributed by atoms with Crippen molar-refractivity contribution in [2.24, 2.45) is 11.3 Å². The van der Waals surface area contributed by atoms with Crippen molar-refractivity contribution in [2.45, 2.75) is 59.0 Å². The van der Waals surface area contributed by atoms with E-state index in [1.165, 1.54) is 31.8 Å². The van der Waals surface area contributed by atoms with E-state index in [1.54, 1.807) is 0 Å². The second-order valence-corrected chi connectivity index (χ2v) is 5.81. The lowest BCUT2D eigenvalue weighted by atomic mass is 9.63. The number of carbonyl (C=O) groups excluding carboxylic acids is 1. The fraction of sp³-hybridized carbons (Fsp3) is 0.786. The molecule has 0 aliphatic heterocycles. The van der Waals surface area contributed by atoms with Gasteiger partial charge in [-0.15, -0.1) is 0 Å². The van der Waals surface area contributed by atoms with Crippen molar-refractivity contribution >= 4 is 5.97 Å². The smallest absolute Gasteiger partial charge is 0.302 e. The standard InChI is InChI=1S/C14H22O2/c1-10-4-5-12-8-13(16-11(2)15)6-7-14(12,3)9-10/h5,10,13H,4,6-9H2,1-3H3/t10?,13-,14+/m0/s1. The first-order valence-electron chi connectivity index (χ1n) is 6.36. The quantitative estimate of drug-likeness (QED) is 0.501. The molecule has 0 saturated heterocycles. The molecule has 2 nitrogen and oxygen atoms in total. The molecule has 0 N–H and O–H groups in total. The van der Waals surface area contributed by atoms with E-state index in [0.717, 1.165) is 18.8 Å². The maximum absolute atomic E-state index is 11.0. The predicted octanol–water partition coefficient (Wildman–Crippen LogP) is 3.46. The van der Waals surface area contributed by atoms with Crippen LogP contribution >= 0.6 is 0 Å². The molecule has 0 aromatic heterocycles. The van der Waals surface area contributed by atoms with Crippen LogP contribution in [0, 0.1) is 11.3 Å². The molecule has 0 radical (unpaired) electrons. The molecule has 1 fully saturated rings. The van der Waals surface area contributed by atoms with Gasteiger partial charge in [-0.1, -0.05) is 25.5 Å². The lowest BCUT2D eigenvalue weighted by Gasteiger charge is -2.44. The number of hydrogen-bond acceptors (Lipinski definition) is 2. The SMILES string of the molecule is CC(=O)O[C@H]1CC[C@]2(C)CC(C)CC=C2C1. The van der Waals surface area contributed by atoms with Gasteiger partial charge in [-0.25, -0.2) is 0 Å². The van der Waals surface area contributed by atoms with Crippen LogP contribution in [0.3, 0.4) is 0 Å². The van der Waals surface area contributed by atoms with Crippen LogP contribution in [-0.2, 0) is 9.53 Å². The molecule has 2 heteroatoms. The molecule has 2 aliphatic carbocycles. The number of esters is 1. The first-order chi connectivity index (χ1) is 7.49. The van der Waals surface area contributed by atoms with Crippen LogP contribution in [0.4, 0.5) is 0 Å². The van der Waals surface area contributed by atoms with Crippen LogP contribution in [0.5, 0.6) is 0 Å². The normalized spacial score (nSPS) is 38.6. The topological polar surface area (TPSA) is 26.3 Å². The Balaban J connectivity index is 2.07. The van der Waals surface area contributed by atoms with E-state index < -0.39 is 0 Å². The summed E-state index contributed by atoms with van der Waals surface area (Å²) in [5, 5.41) is 0. The highest BCUT2D eigenvalue weighted by Crippen LogP contribution is 2.49. The van der Waals surface area contributed by atoms with Crippen molar-refractivity contribution in [3.8, 4) is 0 Å². The number of fused-ring (bicyclic) bond motifs is 1. The summed E-state index contributed by atoms with van der Waals surface area (Å²) in [7, 11) is 0. The van der Waals surface area contributed by atoms with Gasteiger partial charge in [0, 0.05) is 13.3 Å². The first kappa shape index (κ1) is 11.7. The molecule has 90 valence electrons. The van der Waals surface area contributed by atoms with Crippen LogP contribution in [0.1, 0.15) is 52.9 Å². The van der Waals surface area contributed by atoms with Gasteiger partial charge in [0.2, 0.25) is 0 Å². The van der Waals surface area contributed by atoms with E-state index in [9.17, 15) is 4.79 Å². The van der Waals surface area contributed by atoms with Crippen molar-refractivity contribution in [2.75, 3.05) is 0 Å². The summed E-state index contributed by atoms with van der Waals surface area (Å²) in [6.07, 6.45) is 8.17. The van der Waals surface area contributed by atoms with Crippen LogP contribution in [-0.4, -0.2) is 12.1 Å². The van der Waals surface area contributed by atoms with Gasteiger partial charge in [-0.2, -0.15) is 0 Å². The van der Waals surface area contributed by atoms with Gasteiger partial charge < -0.3 is 4.74 Å². The van der Waals surface area contributed by atoms with Gasteiger partial charge in [-0.05, 0) is 37.0 Å². The maximum atomic E-state index is 11.0. The molecule has 0 amide bonds. The molecule has 0 aromatic rings. The van der Waals surface area contributed by atoms with E-state index in [1.807, 2.05) is 0 Å². The van der Waals surface area contributed by atoms with Crippen molar-refractivity contribution < 1.29 is 9.53 Å². The molecule has 1 saturated carbocycles. The second kappa shape index (κ2) is 4.23. The van der Waals surface area contributed by atoms with Gasteiger partial charge in [0.25, 0.3) is 0 Å². The van der Waals surface area contributed by atoms with Crippen molar-refractivity contribution in [3.63, 3.8) is 0 Å². The minimum Gasteiger partial charge on any atom is -0.462 e. The summed E-state index contributed by atoms with van der Waals surface area (Å²) < 4.78 is 5.33. The second-order valence-electron chi connectivity index (χ2n) is 5.81. The van der Waals surface area contributed by atoms with E-state index in [4.69, 9.17) is 4.74 Å². The van der Waals surface area contributed by atoms with E-state index in [0.29, 0.717) is 5.41 Å². The van der Waals surface area contributed by atoms with Crippen LogP contribution in [0.15, 0.2) is 11.6 Å². The number of carbonyl (C=O) groups is 1. The Labute approximate surface area is 98.1 Å². The average molecular weight is 222 g/mol. The van der Waals surface area contributed by atoms with Crippen molar-refractivity contribution in [1.82, 2.24) is 0 Å². The molecule has 0 bridgehead atoms. The number of hydrogen-bond donors (Lipinski definition) is 0. The molecular weight excluding hydrogens is 200 g/mol. The molecule has 0 aromatic carbocycles. The van der Waals surface area contributed by atoms with E-state index in [2.05, 4.69) is 19.9 Å². The summed E-state index contributed by atoms with van der Waals surface area (Å²) in [5.74, 6) is 0.664. The third-order valence-corrected chi connectivity index (χ3v) is 4.14. The molecule has 2 rings (SSSR count). The van der Waals surface area contributed by atoms with Gasteiger partial charge in [0.1, 0.15) is 6.10 Å². The Kier molecular flexibility index (Phi) is 3.09. The lowest BCUT2D eigenvalue weighted by molar-refractivity contribution is -0.147. The highest BCUT2D eigenvalue weighted by Gasteiger charge is 2.39. The molecule has 1 unspecified atom stereocenters. The molecule has 0 heterocycles. The highest BCUT2D eigenvalue weighted by molar-refractivity contribution is 5.66. The lowest BCUT2D eigenvalue weighted by Crippen LogP contribution is -2.35. The largest absolute Gasteiger partial charge is 0.462 e. The van der Waals surface area contributed by atoms with Gasteiger partial charge >= 0.3 is 5.97 Å². The Morgan fingerprint density at radius 3 is 3.00 bits per heavy atom. The number of ether oxygens (including phenoxy) is 1. The average Bonchev–Trinajstić information content (AvgIpc) is 2.17. The zero-order chi connectivity index (χ0) is 11.8. The minimum atomic E-state index is -0.140. The van der Waals surface area contributed by atoms with Crippen molar-refractivity contribution in [1.29, 1.82) is 0 Å². The molecule has 0 spiro atoms. The first-order valence-corrected chi connectivity index (χ1v) is 6.36. The van der Waals surface area contributed by atoms with Gasteiger partial charge in [-0.3, -0.25) is 4.79 Å². The third-order valence-electron chi connectivity index (χ3n) is 4.14. The highest BCUT2D eigenvalue weighted by atomic mass is 16.5. The summed E-state index contributed by atoms with van der Waals surface area (Å²) in [6.45, 7) is 6.21. The summed E-state index contributed by atoms with van der Waals surface area (Å²) in [6, 6.07) is 0. The van der Waals surface area contributed by atoms with Crippen LogP contribution in [0.2, 0.25) is 0 Å². The maximum Gasteiger partial charge on any atom is 0.302 e. The summed E-state index contributed by atoms with van der Waals surface area (Å²) in [5.41, 5.74) is 1.91. The van der Waals surface area contributed by atoms with Crippen LogP contribution < -0.4 is 0 Å². The third kappa shape index (κ3) is 2.31. The fourth-order valence-electron chi connectivity index (χ4n) is 3.33. The molecule has 16 heavy (non-hydrogen) atoms. The number of rotatable bonds is 1. The zero-order valence-electron chi connectivity index (χ0n) is 10.6. The Hall–Kier alpha value is -0.790. The molecule has 2 aliphatic rings. The Morgan fingerprint density at radius 2 is 2.31 bits per heavy atom. The summed E-state index contributed by atoms with van der Waals surface area (Å²) >= 11 is 0. The van der Waals surface area contributed by atoms with Crippen molar-refractivity contribution in [3.05, 3.63) is 11.6 Å². The molecular formula is C14H22O2. The van der Waals surface area contributed by atoms with E-state index in [-0.39, 0.29) is 12.1 Å². The predicted molar refractivity (Wildman–Crippen MR) is 64.0 cm³/mol. The zero-order valence-corrected chi connectivity index (χ0v) is 10.6. The van der Waals surface area contributed by atoms with Gasteiger partial charge in [0.15, 0.2) is 0 Å². The summed E-state index contributed by atoms with van der Waals surface area (Å²) in [4.78, 5) is 11.0. The fourth-order valence-corrected chi connectivity index (χ4v) is 3.33. The molecule has 3 atom stereocenters. The Morgan fingerprint density at radius 1 is 1.56 bits per heavy atom. The van der Waals surface area contributed by atoms with E-state index >= 15 is 0 Å². The van der Waals surface area contributed by atoms with Crippen LogP contribution in [0.25, 0.3) is 0 Å². The van der Waals surface area contributed by atoms with Gasteiger partial charge in [0.05, 0.1) is 0 Å². The number of allylic oxidation sites excluding steroid dienone is 1. The minimum absolute atomic E-state index is 0.130. The monoisotopic (exact) mass is 222 g/mol.